The Bertz CT molecular complexity index is 297. The van der Waals surface area contributed by atoms with E-state index in [0.717, 1.165) is 12.8 Å². The number of carbonyl (C=O) groups excluding carboxylic acids is 2. The lowest BCUT2D eigenvalue weighted by Gasteiger charge is -2.37. The van der Waals surface area contributed by atoms with E-state index in [1.54, 1.807) is 4.90 Å². The van der Waals surface area contributed by atoms with Crippen molar-refractivity contribution in [2.75, 3.05) is 6.54 Å². The average molecular weight is 278 g/mol. The number of hydrogen-bond donors (Lipinski definition) is 2. The molecule has 0 aromatic rings. The first-order chi connectivity index (χ1) is 7.91. The molecule has 0 aromatic heterocycles. The summed E-state index contributed by atoms with van der Waals surface area (Å²) in [5.74, 6) is -0.409. The molecule has 3 atom stereocenters. The lowest BCUT2D eigenvalue weighted by Crippen LogP contribution is -2.48. The van der Waals surface area contributed by atoms with E-state index in [0.29, 0.717) is 19.4 Å². The molecule has 6 heteroatoms. The third-order valence-corrected chi connectivity index (χ3v) is 3.42. The fourth-order valence-electron chi connectivity index (χ4n) is 2.18. The van der Waals surface area contributed by atoms with Gasteiger partial charge >= 0.3 is 0 Å². The predicted octanol–water partition coefficient (Wildman–Crippen LogP) is 0.648. The number of rotatable bonds is 4. The molecule has 1 fully saturated rings. The van der Waals surface area contributed by atoms with Gasteiger partial charge in [0.15, 0.2) is 0 Å². The van der Waals surface area contributed by atoms with Gasteiger partial charge in [-0.1, -0.05) is 0 Å². The van der Waals surface area contributed by atoms with Crippen LogP contribution in [0, 0.1) is 5.92 Å². The number of halogens is 1. The standard InChI is InChI=1S/C12H23N3O2.ClH/c1-8(13)3-6-11(16)15-7-10(12(14)17)5-4-9(15)2;/h8-10H,3-7,13H2,1-2H3,(H2,14,17);1H. The van der Waals surface area contributed by atoms with Crippen LogP contribution in [0.5, 0.6) is 0 Å². The summed E-state index contributed by atoms with van der Waals surface area (Å²) in [7, 11) is 0. The van der Waals surface area contributed by atoms with Crippen molar-refractivity contribution in [3.63, 3.8) is 0 Å². The highest BCUT2D eigenvalue weighted by atomic mass is 35.5. The molecule has 1 aliphatic heterocycles. The highest BCUT2D eigenvalue weighted by molar-refractivity contribution is 5.85. The van der Waals surface area contributed by atoms with Gasteiger partial charge in [0.1, 0.15) is 0 Å². The summed E-state index contributed by atoms with van der Waals surface area (Å²) in [4.78, 5) is 24.9. The minimum Gasteiger partial charge on any atom is -0.369 e. The molecular formula is C12H24ClN3O2. The van der Waals surface area contributed by atoms with Gasteiger partial charge < -0.3 is 16.4 Å². The molecule has 18 heavy (non-hydrogen) atoms. The van der Waals surface area contributed by atoms with Crippen molar-refractivity contribution in [2.45, 2.75) is 51.6 Å². The largest absolute Gasteiger partial charge is 0.369 e. The average Bonchev–Trinajstić information content (AvgIpc) is 2.26. The van der Waals surface area contributed by atoms with Crippen LogP contribution in [-0.4, -0.2) is 35.3 Å². The molecule has 0 bridgehead atoms. The first-order valence-electron chi connectivity index (χ1n) is 6.26. The van der Waals surface area contributed by atoms with Crippen molar-refractivity contribution in [1.82, 2.24) is 4.90 Å². The van der Waals surface area contributed by atoms with E-state index in [2.05, 4.69) is 0 Å². The first kappa shape index (κ1) is 17.2. The van der Waals surface area contributed by atoms with Crippen LogP contribution in [0.3, 0.4) is 0 Å². The van der Waals surface area contributed by atoms with Gasteiger partial charge in [-0.3, -0.25) is 9.59 Å². The third kappa shape index (κ3) is 4.82. The summed E-state index contributed by atoms with van der Waals surface area (Å²) in [5, 5.41) is 0. The van der Waals surface area contributed by atoms with Crippen molar-refractivity contribution in [1.29, 1.82) is 0 Å². The topological polar surface area (TPSA) is 89.4 Å². The number of carbonyl (C=O) groups is 2. The number of nitrogens with zero attached hydrogens (tertiary/aromatic N) is 1. The Morgan fingerprint density at radius 1 is 1.39 bits per heavy atom. The highest BCUT2D eigenvalue weighted by Crippen LogP contribution is 2.22. The first-order valence-corrected chi connectivity index (χ1v) is 6.26. The number of amides is 2. The maximum Gasteiger partial charge on any atom is 0.222 e. The fourth-order valence-corrected chi connectivity index (χ4v) is 2.18. The summed E-state index contributed by atoms with van der Waals surface area (Å²) >= 11 is 0. The zero-order valence-corrected chi connectivity index (χ0v) is 11.9. The second kappa shape index (κ2) is 7.59. The number of primary amides is 1. The molecule has 1 saturated heterocycles. The number of nitrogens with two attached hydrogens (primary N) is 2. The van der Waals surface area contributed by atoms with Gasteiger partial charge in [-0.25, -0.2) is 0 Å². The SMILES string of the molecule is CC(N)CCC(=O)N1CC(C(N)=O)CCC1C.Cl. The zero-order chi connectivity index (χ0) is 13.0. The summed E-state index contributed by atoms with van der Waals surface area (Å²) in [5.41, 5.74) is 10.9. The van der Waals surface area contributed by atoms with Crippen LogP contribution in [0.15, 0.2) is 0 Å². The molecule has 0 aromatic carbocycles. The Morgan fingerprint density at radius 2 is 2.00 bits per heavy atom. The third-order valence-electron chi connectivity index (χ3n) is 3.42. The maximum atomic E-state index is 12.0. The highest BCUT2D eigenvalue weighted by Gasteiger charge is 2.31. The number of hydrogen-bond acceptors (Lipinski definition) is 3. The fraction of sp³-hybridized carbons (Fsp3) is 0.833. The van der Waals surface area contributed by atoms with Gasteiger partial charge in [-0.2, -0.15) is 0 Å². The smallest absolute Gasteiger partial charge is 0.222 e. The molecule has 0 radical (unpaired) electrons. The Balaban J connectivity index is 0.00000289. The van der Waals surface area contributed by atoms with Crippen LogP contribution >= 0.6 is 12.4 Å². The van der Waals surface area contributed by atoms with Crippen LogP contribution in [0.1, 0.15) is 39.5 Å². The van der Waals surface area contributed by atoms with E-state index in [1.807, 2.05) is 13.8 Å². The molecule has 4 N–H and O–H groups in total. The molecule has 0 aliphatic carbocycles. The van der Waals surface area contributed by atoms with Gasteiger partial charge in [0, 0.05) is 25.0 Å². The predicted molar refractivity (Wildman–Crippen MR) is 73.2 cm³/mol. The number of piperidine rings is 1. The molecule has 0 spiro atoms. The van der Waals surface area contributed by atoms with Crippen LogP contribution < -0.4 is 11.5 Å². The van der Waals surface area contributed by atoms with E-state index in [1.165, 1.54) is 0 Å². The van der Waals surface area contributed by atoms with Crippen LogP contribution in [-0.2, 0) is 9.59 Å². The minimum absolute atomic E-state index is 0. The summed E-state index contributed by atoms with van der Waals surface area (Å²) < 4.78 is 0. The molecule has 1 aliphatic rings. The van der Waals surface area contributed by atoms with E-state index < -0.39 is 0 Å². The Hall–Kier alpha value is -0.810. The van der Waals surface area contributed by atoms with E-state index in [9.17, 15) is 9.59 Å². The van der Waals surface area contributed by atoms with Gasteiger partial charge in [0.25, 0.3) is 0 Å². The quantitative estimate of drug-likeness (QED) is 0.790. The van der Waals surface area contributed by atoms with Gasteiger partial charge in [0.2, 0.25) is 11.8 Å². The molecule has 1 rings (SSSR count). The Morgan fingerprint density at radius 3 is 2.50 bits per heavy atom. The van der Waals surface area contributed by atoms with Crippen LogP contribution in [0.4, 0.5) is 0 Å². The summed E-state index contributed by atoms with van der Waals surface area (Å²) in [6.07, 6.45) is 2.77. The Kier molecular flexibility index (Phi) is 7.25. The maximum absolute atomic E-state index is 12.0. The molecule has 3 unspecified atom stereocenters. The second-order valence-corrected chi connectivity index (χ2v) is 5.09. The molecular weight excluding hydrogens is 254 g/mol. The van der Waals surface area contributed by atoms with Crippen molar-refractivity contribution in [3.05, 3.63) is 0 Å². The van der Waals surface area contributed by atoms with Gasteiger partial charge in [-0.05, 0) is 33.1 Å². The van der Waals surface area contributed by atoms with Crippen LogP contribution in [0.25, 0.3) is 0 Å². The molecule has 5 nitrogen and oxygen atoms in total. The molecule has 0 saturated carbocycles. The number of likely N-dealkylation sites (tertiary alicyclic amines) is 1. The lowest BCUT2D eigenvalue weighted by molar-refractivity contribution is -0.137. The Labute approximate surface area is 115 Å². The molecule has 1 heterocycles. The van der Waals surface area contributed by atoms with Gasteiger partial charge in [-0.15, -0.1) is 12.4 Å². The second-order valence-electron chi connectivity index (χ2n) is 5.09. The minimum atomic E-state index is -0.304. The molecule has 2 amide bonds. The van der Waals surface area contributed by atoms with Crippen molar-refractivity contribution < 1.29 is 9.59 Å². The van der Waals surface area contributed by atoms with Crippen molar-refractivity contribution >= 4 is 24.2 Å². The zero-order valence-electron chi connectivity index (χ0n) is 11.1. The normalized spacial score (nSPS) is 25.2. The van der Waals surface area contributed by atoms with Crippen molar-refractivity contribution in [3.8, 4) is 0 Å². The van der Waals surface area contributed by atoms with Crippen molar-refractivity contribution in [2.24, 2.45) is 17.4 Å². The van der Waals surface area contributed by atoms with E-state index >= 15 is 0 Å². The van der Waals surface area contributed by atoms with E-state index in [-0.39, 0.29) is 42.2 Å². The van der Waals surface area contributed by atoms with E-state index in [4.69, 9.17) is 11.5 Å². The van der Waals surface area contributed by atoms with Gasteiger partial charge in [0.05, 0.1) is 5.92 Å². The monoisotopic (exact) mass is 277 g/mol. The summed E-state index contributed by atoms with van der Waals surface area (Å²) in [6, 6.07) is 0.233. The summed E-state index contributed by atoms with van der Waals surface area (Å²) in [6.45, 7) is 4.37. The van der Waals surface area contributed by atoms with Crippen LogP contribution in [0.2, 0.25) is 0 Å². The molecule has 106 valence electrons. The lowest BCUT2D eigenvalue weighted by atomic mass is 9.92.